The lowest BCUT2D eigenvalue weighted by molar-refractivity contribution is 0.0520. The molecule has 0 saturated carbocycles. The first kappa shape index (κ1) is 13.3. The number of nitriles is 1. The second kappa shape index (κ2) is 5.38. The molecule has 5 nitrogen and oxygen atoms in total. The summed E-state index contributed by atoms with van der Waals surface area (Å²) < 4.78 is 4.93. The van der Waals surface area contributed by atoms with Crippen LogP contribution in [0.1, 0.15) is 23.0 Å². The fourth-order valence-corrected chi connectivity index (χ4v) is 2.84. The monoisotopic (exact) mass is 297 g/mol. The molecule has 1 aromatic carbocycles. The van der Waals surface area contributed by atoms with Gasteiger partial charge in [0.2, 0.25) is 0 Å². The Morgan fingerprint density at radius 3 is 3.14 bits per heavy atom. The molecule has 0 aliphatic rings. The molecular formula is C15H11N3O2S. The van der Waals surface area contributed by atoms with Gasteiger partial charge < -0.3 is 9.72 Å². The summed E-state index contributed by atoms with van der Waals surface area (Å²) in [5, 5.41) is 12.3. The van der Waals surface area contributed by atoms with Gasteiger partial charge in [-0.15, -0.1) is 11.3 Å². The third kappa shape index (κ3) is 2.39. The number of benzene rings is 1. The van der Waals surface area contributed by atoms with Crippen LogP contribution in [0, 0.1) is 11.3 Å². The van der Waals surface area contributed by atoms with Crippen molar-refractivity contribution in [3.63, 3.8) is 0 Å². The topological polar surface area (TPSA) is 78.8 Å². The lowest BCUT2D eigenvalue weighted by Crippen LogP contribution is -2.04. The average molecular weight is 297 g/mol. The molecule has 0 amide bonds. The second-order valence-electron chi connectivity index (χ2n) is 4.33. The van der Waals surface area contributed by atoms with E-state index in [-0.39, 0.29) is 0 Å². The van der Waals surface area contributed by atoms with Crippen molar-refractivity contribution in [1.29, 1.82) is 5.26 Å². The number of ether oxygens (including phenoxy) is 1. The van der Waals surface area contributed by atoms with Gasteiger partial charge in [-0.05, 0) is 25.1 Å². The summed E-state index contributed by atoms with van der Waals surface area (Å²) in [6, 6.07) is 7.86. The number of carbonyl (C=O) groups is 1. The number of nitrogens with zero attached hydrogens (tertiary/aromatic N) is 2. The number of rotatable bonds is 3. The number of esters is 1. The molecule has 0 saturated heterocycles. The molecule has 0 aliphatic carbocycles. The van der Waals surface area contributed by atoms with E-state index in [0.717, 1.165) is 21.5 Å². The molecule has 0 fully saturated rings. The van der Waals surface area contributed by atoms with Crippen molar-refractivity contribution in [2.75, 3.05) is 6.61 Å². The van der Waals surface area contributed by atoms with Gasteiger partial charge in [0, 0.05) is 28.0 Å². The highest BCUT2D eigenvalue weighted by molar-refractivity contribution is 7.13. The smallest absolute Gasteiger partial charge is 0.357 e. The van der Waals surface area contributed by atoms with Crippen LogP contribution in [-0.4, -0.2) is 22.5 Å². The summed E-state index contributed by atoms with van der Waals surface area (Å²) in [7, 11) is 0. The van der Waals surface area contributed by atoms with Gasteiger partial charge in [-0.3, -0.25) is 0 Å². The summed E-state index contributed by atoms with van der Waals surface area (Å²) >= 11 is 1.38. The van der Waals surface area contributed by atoms with Crippen molar-refractivity contribution >= 4 is 28.2 Å². The van der Waals surface area contributed by atoms with Crippen LogP contribution in [0.3, 0.4) is 0 Å². The fraction of sp³-hybridized carbons (Fsp3) is 0.133. The molecule has 21 heavy (non-hydrogen) atoms. The minimum absolute atomic E-state index is 0.312. The third-order valence-corrected chi connectivity index (χ3v) is 3.93. The lowest BCUT2D eigenvalue weighted by atomic mass is 10.1. The number of hydrogen-bond acceptors (Lipinski definition) is 5. The van der Waals surface area contributed by atoms with E-state index in [1.807, 2.05) is 18.2 Å². The van der Waals surface area contributed by atoms with Crippen molar-refractivity contribution in [3.8, 4) is 16.6 Å². The molecule has 0 spiro atoms. The Morgan fingerprint density at radius 2 is 2.38 bits per heavy atom. The molecule has 1 N–H and O–H groups in total. The van der Waals surface area contributed by atoms with Crippen LogP contribution in [0.15, 0.2) is 29.8 Å². The van der Waals surface area contributed by atoms with Crippen LogP contribution < -0.4 is 0 Å². The van der Waals surface area contributed by atoms with Crippen LogP contribution in [0.5, 0.6) is 0 Å². The number of hydrogen-bond donors (Lipinski definition) is 1. The molecule has 2 heterocycles. The molecule has 0 atom stereocenters. The maximum atomic E-state index is 11.6. The van der Waals surface area contributed by atoms with Gasteiger partial charge in [0.25, 0.3) is 0 Å². The van der Waals surface area contributed by atoms with Crippen molar-refractivity contribution in [2.24, 2.45) is 0 Å². The van der Waals surface area contributed by atoms with Gasteiger partial charge in [0.05, 0.1) is 12.2 Å². The summed E-state index contributed by atoms with van der Waals surface area (Å²) in [5.41, 5.74) is 2.68. The van der Waals surface area contributed by atoms with E-state index in [0.29, 0.717) is 17.9 Å². The van der Waals surface area contributed by atoms with E-state index in [4.69, 9.17) is 10.00 Å². The number of H-pyrrole nitrogens is 1. The third-order valence-electron chi connectivity index (χ3n) is 3.04. The zero-order chi connectivity index (χ0) is 14.8. The van der Waals surface area contributed by atoms with Crippen molar-refractivity contribution in [3.05, 3.63) is 41.0 Å². The fourth-order valence-electron chi connectivity index (χ4n) is 2.05. The first-order valence-corrected chi connectivity index (χ1v) is 7.25. The number of aromatic amines is 1. The highest BCUT2D eigenvalue weighted by atomic mass is 32.1. The van der Waals surface area contributed by atoms with Crippen LogP contribution in [-0.2, 0) is 4.74 Å². The Labute approximate surface area is 124 Å². The van der Waals surface area contributed by atoms with E-state index in [9.17, 15) is 4.79 Å². The molecule has 2 aromatic heterocycles. The van der Waals surface area contributed by atoms with Crippen LogP contribution in [0.4, 0.5) is 0 Å². The molecule has 0 unspecified atom stereocenters. The minimum atomic E-state index is -0.416. The first-order valence-electron chi connectivity index (χ1n) is 6.37. The lowest BCUT2D eigenvalue weighted by Gasteiger charge is -1.98. The summed E-state index contributed by atoms with van der Waals surface area (Å²) in [5.74, 6) is -0.416. The Kier molecular flexibility index (Phi) is 3.42. The Bertz CT molecular complexity index is 857. The van der Waals surface area contributed by atoms with Gasteiger partial charge in [-0.2, -0.15) is 5.26 Å². The number of nitrogens with one attached hydrogen (secondary N) is 1. The molecule has 0 aliphatic heterocycles. The largest absolute Gasteiger partial charge is 0.461 e. The minimum Gasteiger partial charge on any atom is -0.461 e. The summed E-state index contributed by atoms with van der Waals surface area (Å²) in [4.78, 5) is 19.0. The first-order chi connectivity index (χ1) is 10.2. The van der Waals surface area contributed by atoms with Gasteiger partial charge in [0.15, 0.2) is 5.69 Å². The van der Waals surface area contributed by atoms with Crippen LogP contribution in [0.2, 0.25) is 0 Å². The van der Waals surface area contributed by atoms with E-state index < -0.39 is 5.97 Å². The van der Waals surface area contributed by atoms with Gasteiger partial charge in [0.1, 0.15) is 11.1 Å². The molecular weight excluding hydrogens is 286 g/mol. The molecule has 3 aromatic rings. The van der Waals surface area contributed by atoms with Crippen molar-refractivity contribution < 1.29 is 9.53 Å². The molecule has 0 radical (unpaired) electrons. The zero-order valence-electron chi connectivity index (χ0n) is 11.2. The maximum Gasteiger partial charge on any atom is 0.357 e. The Morgan fingerprint density at radius 1 is 1.52 bits per heavy atom. The molecule has 0 bridgehead atoms. The predicted molar refractivity (Wildman–Crippen MR) is 80.1 cm³/mol. The predicted octanol–water partition coefficient (Wildman–Crippen LogP) is 3.34. The number of carbonyl (C=O) groups excluding carboxylic acids is 1. The van der Waals surface area contributed by atoms with Crippen molar-refractivity contribution in [2.45, 2.75) is 6.92 Å². The normalized spacial score (nSPS) is 10.5. The average Bonchev–Trinajstić information content (AvgIpc) is 3.13. The Hall–Kier alpha value is -2.65. The van der Waals surface area contributed by atoms with E-state index in [1.165, 1.54) is 11.3 Å². The standard InChI is InChI=1S/C15H11N3O2S/c1-2-20-15(19)13-8-21-14(18-13)9-3-4-12-11(5-9)10(6-16)7-17-12/h3-5,7-8,17H,2H2,1H3. The van der Waals surface area contributed by atoms with Crippen LogP contribution in [0.25, 0.3) is 21.5 Å². The van der Waals surface area contributed by atoms with Gasteiger partial charge in [-0.25, -0.2) is 9.78 Å². The number of thiazole rings is 1. The molecule has 104 valence electrons. The molecule has 6 heteroatoms. The summed E-state index contributed by atoms with van der Waals surface area (Å²) in [6.45, 7) is 2.08. The quantitative estimate of drug-likeness (QED) is 0.752. The Balaban J connectivity index is 2.01. The highest BCUT2D eigenvalue weighted by Gasteiger charge is 2.13. The van der Waals surface area contributed by atoms with E-state index in [2.05, 4.69) is 16.0 Å². The summed E-state index contributed by atoms with van der Waals surface area (Å²) in [6.07, 6.45) is 1.68. The van der Waals surface area contributed by atoms with Crippen LogP contribution >= 0.6 is 11.3 Å². The number of aromatic nitrogens is 2. The van der Waals surface area contributed by atoms with Gasteiger partial charge in [-0.1, -0.05) is 0 Å². The van der Waals surface area contributed by atoms with E-state index >= 15 is 0 Å². The SMILES string of the molecule is CCOC(=O)c1csc(-c2ccc3[nH]cc(C#N)c3c2)n1. The van der Waals surface area contributed by atoms with Gasteiger partial charge >= 0.3 is 5.97 Å². The number of fused-ring (bicyclic) bond motifs is 1. The zero-order valence-corrected chi connectivity index (χ0v) is 12.0. The maximum absolute atomic E-state index is 11.6. The highest BCUT2D eigenvalue weighted by Crippen LogP contribution is 2.28. The molecule has 3 rings (SSSR count). The second-order valence-corrected chi connectivity index (χ2v) is 5.19. The van der Waals surface area contributed by atoms with E-state index in [1.54, 1.807) is 18.5 Å². The van der Waals surface area contributed by atoms with Crippen molar-refractivity contribution in [1.82, 2.24) is 9.97 Å².